The topological polar surface area (TPSA) is 108 Å². The molecule has 1 fully saturated rings. The van der Waals surface area contributed by atoms with Gasteiger partial charge in [0.2, 0.25) is 0 Å². The average molecular weight is 784 g/mol. The molecule has 1 aliphatic carbocycles. The van der Waals surface area contributed by atoms with E-state index in [2.05, 4.69) is 48.3 Å². The standard InChI is InChI=1S/C28H22ClF7IN7O2/c1-14-7-16(37)8-19(25(46)39-11-15-4-5-15)18(14)10-22(45)21-9-17(41-44(21)24-20(29)3-2-6-38-24)12-43-13-23(40-42-43)26(30,31)27(32,33)28(34,35)36/h2-3,6-9,13,15H,4-5,10-12H2,1H3,(H,39,46). The second-order valence-electron chi connectivity index (χ2n) is 10.7. The lowest BCUT2D eigenvalue weighted by Gasteiger charge is -2.26. The summed E-state index contributed by atoms with van der Waals surface area (Å²) < 4.78 is 95.8. The number of carbonyl (C=O) groups excluding carboxylic acids is 2. The Morgan fingerprint density at radius 2 is 1.83 bits per heavy atom. The van der Waals surface area contributed by atoms with E-state index in [1.807, 2.05) is 0 Å². The van der Waals surface area contributed by atoms with Gasteiger partial charge in [0.15, 0.2) is 17.3 Å². The molecule has 3 heterocycles. The molecule has 1 aromatic carbocycles. The van der Waals surface area contributed by atoms with Gasteiger partial charge in [-0.15, -0.1) is 5.10 Å². The van der Waals surface area contributed by atoms with Crippen LogP contribution in [0.5, 0.6) is 0 Å². The molecule has 1 amide bonds. The van der Waals surface area contributed by atoms with E-state index in [1.54, 1.807) is 19.1 Å². The zero-order chi connectivity index (χ0) is 33.6. The molecule has 0 unspecified atom stereocenters. The lowest BCUT2D eigenvalue weighted by atomic mass is 9.95. The summed E-state index contributed by atoms with van der Waals surface area (Å²) in [5.74, 6) is -12.6. The van der Waals surface area contributed by atoms with Crippen molar-refractivity contribution in [1.82, 2.24) is 35.1 Å². The number of aryl methyl sites for hydroxylation is 1. The number of ketones is 1. The van der Waals surface area contributed by atoms with Gasteiger partial charge in [-0.3, -0.25) is 9.59 Å². The van der Waals surface area contributed by atoms with Gasteiger partial charge >= 0.3 is 18.0 Å². The fourth-order valence-electron chi connectivity index (χ4n) is 4.54. The molecule has 1 N–H and O–H groups in total. The Hall–Kier alpha value is -3.61. The van der Waals surface area contributed by atoms with Crippen LogP contribution in [0.2, 0.25) is 5.02 Å². The highest BCUT2D eigenvalue weighted by atomic mass is 127. The van der Waals surface area contributed by atoms with Gasteiger partial charge in [-0.1, -0.05) is 16.8 Å². The number of nitrogens with one attached hydrogen (secondary N) is 1. The number of rotatable bonds is 11. The van der Waals surface area contributed by atoms with Crippen LogP contribution in [0.4, 0.5) is 30.7 Å². The molecule has 0 radical (unpaired) electrons. The summed E-state index contributed by atoms with van der Waals surface area (Å²) in [5.41, 5.74) is -0.617. The molecule has 1 aliphatic rings. The van der Waals surface area contributed by atoms with E-state index >= 15 is 0 Å². The van der Waals surface area contributed by atoms with Crippen molar-refractivity contribution in [2.24, 2.45) is 5.92 Å². The van der Waals surface area contributed by atoms with Gasteiger partial charge in [-0.05, 0) is 89.7 Å². The minimum absolute atomic E-state index is 0.0103. The summed E-state index contributed by atoms with van der Waals surface area (Å²) in [6, 6.07) is 7.70. The first-order valence-electron chi connectivity index (χ1n) is 13.5. The van der Waals surface area contributed by atoms with Crippen LogP contribution in [0, 0.1) is 16.4 Å². The number of hydrogen-bond donors (Lipinski definition) is 1. The third-order valence-electron chi connectivity index (χ3n) is 7.19. The first kappa shape index (κ1) is 33.7. The van der Waals surface area contributed by atoms with E-state index in [1.165, 1.54) is 24.4 Å². The zero-order valence-electron chi connectivity index (χ0n) is 23.6. The quantitative estimate of drug-likeness (QED) is 0.108. The van der Waals surface area contributed by atoms with Gasteiger partial charge in [-0.25, -0.2) is 14.3 Å². The fraction of sp³-hybridized carbons (Fsp3) is 0.357. The number of Topliss-reactive ketones (excluding diaryl/α,β-unsaturated/α-hetero) is 1. The van der Waals surface area contributed by atoms with Crippen LogP contribution in [0.25, 0.3) is 5.82 Å². The van der Waals surface area contributed by atoms with Crippen molar-refractivity contribution in [3.63, 3.8) is 0 Å². The van der Waals surface area contributed by atoms with E-state index in [4.69, 9.17) is 11.6 Å². The Morgan fingerprint density at radius 3 is 2.48 bits per heavy atom. The summed E-state index contributed by atoms with van der Waals surface area (Å²) in [6.45, 7) is 1.70. The molecule has 0 spiro atoms. The highest BCUT2D eigenvalue weighted by Crippen LogP contribution is 2.51. The summed E-state index contributed by atoms with van der Waals surface area (Å²) in [7, 11) is 0. The van der Waals surface area contributed by atoms with Crippen molar-refractivity contribution in [3.8, 4) is 5.82 Å². The van der Waals surface area contributed by atoms with Gasteiger partial charge in [0.05, 0.1) is 23.5 Å². The Kier molecular flexibility index (Phi) is 9.20. The molecule has 18 heteroatoms. The predicted octanol–water partition coefficient (Wildman–Crippen LogP) is 6.33. The lowest BCUT2D eigenvalue weighted by molar-refractivity contribution is -0.360. The summed E-state index contributed by atoms with van der Waals surface area (Å²) in [5, 5.41) is 13.4. The van der Waals surface area contributed by atoms with Crippen molar-refractivity contribution in [2.45, 2.75) is 50.8 Å². The third kappa shape index (κ3) is 6.74. The van der Waals surface area contributed by atoms with E-state index in [0.717, 1.165) is 21.1 Å². The highest BCUT2D eigenvalue weighted by Gasteiger charge is 2.74. The van der Waals surface area contributed by atoms with Gasteiger partial charge < -0.3 is 5.32 Å². The highest BCUT2D eigenvalue weighted by molar-refractivity contribution is 14.1. The van der Waals surface area contributed by atoms with Crippen LogP contribution >= 0.6 is 34.2 Å². The van der Waals surface area contributed by atoms with Gasteiger partial charge in [0.25, 0.3) is 5.91 Å². The van der Waals surface area contributed by atoms with Gasteiger partial charge in [-0.2, -0.15) is 35.8 Å². The monoisotopic (exact) mass is 783 g/mol. The lowest BCUT2D eigenvalue weighted by Crippen LogP contribution is -2.50. The van der Waals surface area contributed by atoms with Crippen LogP contribution in [0.3, 0.4) is 0 Å². The van der Waals surface area contributed by atoms with E-state index in [9.17, 15) is 40.3 Å². The average Bonchev–Trinajstić information content (AvgIpc) is 3.52. The minimum atomic E-state index is -6.55. The number of benzene rings is 1. The normalized spacial score (nSPS) is 14.0. The van der Waals surface area contributed by atoms with Crippen LogP contribution < -0.4 is 5.32 Å². The molecular formula is C28H22ClF7IN7O2. The number of nitrogens with zero attached hydrogens (tertiary/aromatic N) is 6. The van der Waals surface area contributed by atoms with Crippen molar-refractivity contribution in [3.05, 3.63) is 85.1 Å². The molecule has 9 nitrogen and oxygen atoms in total. The largest absolute Gasteiger partial charge is 0.460 e. The first-order chi connectivity index (χ1) is 21.5. The Balaban J connectivity index is 1.48. The number of hydrogen-bond acceptors (Lipinski definition) is 6. The molecule has 5 rings (SSSR count). The number of alkyl halides is 7. The fourth-order valence-corrected chi connectivity index (χ4v) is 5.52. The first-order valence-corrected chi connectivity index (χ1v) is 15.0. The van der Waals surface area contributed by atoms with Crippen LogP contribution in [0.1, 0.15) is 56.2 Å². The SMILES string of the molecule is Cc1cc(I)cc(C(=O)NCC2CC2)c1CC(=O)c1cc(Cn2cc(C(F)(F)C(F)(F)C(F)(F)F)nn2)nn1-c1ncccc1Cl. The molecule has 4 aromatic rings. The second-order valence-corrected chi connectivity index (χ2v) is 12.3. The number of amides is 1. The van der Waals surface area contributed by atoms with E-state index in [0.29, 0.717) is 33.8 Å². The van der Waals surface area contributed by atoms with Gasteiger partial charge in [0, 0.05) is 28.3 Å². The molecule has 244 valence electrons. The van der Waals surface area contributed by atoms with Crippen molar-refractivity contribution < 1.29 is 40.3 Å². The maximum absolute atomic E-state index is 14.2. The molecule has 46 heavy (non-hydrogen) atoms. The van der Waals surface area contributed by atoms with Crippen LogP contribution in [0.15, 0.2) is 42.7 Å². The third-order valence-corrected chi connectivity index (χ3v) is 8.11. The molecule has 3 aromatic heterocycles. The van der Waals surface area contributed by atoms with E-state index < -0.39 is 36.0 Å². The molecule has 0 aliphatic heterocycles. The smallest absolute Gasteiger partial charge is 0.352 e. The molecular weight excluding hydrogens is 762 g/mol. The Bertz CT molecular complexity index is 1800. The van der Waals surface area contributed by atoms with Crippen molar-refractivity contribution in [2.75, 3.05) is 6.54 Å². The van der Waals surface area contributed by atoms with Crippen molar-refractivity contribution in [1.29, 1.82) is 0 Å². The molecule has 0 atom stereocenters. The summed E-state index contributed by atoms with van der Waals surface area (Å²) in [6.07, 6.45) is -3.17. The maximum Gasteiger partial charge on any atom is 0.460 e. The Labute approximate surface area is 274 Å². The minimum Gasteiger partial charge on any atom is -0.352 e. The second kappa shape index (κ2) is 12.5. The maximum atomic E-state index is 14.2. The van der Waals surface area contributed by atoms with Crippen molar-refractivity contribution >= 4 is 45.9 Å². The van der Waals surface area contributed by atoms with Gasteiger partial charge in [0.1, 0.15) is 5.69 Å². The molecule has 1 saturated carbocycles. The van der Waals surface area contributed by atoms with E-state index in [-0.39, 0.29) is 40.8 Å². The number of pyridine rings is 1. The molecule has 0 saturated heterocycles. The molecule has 0 bridgehead atoms. The van der Waals surface area contributed by atoms with Crippen LogP contribution in [-0.2, 0) is 18.9 Å². The Morgan fingerprint density at radius 1 is 1.11 bits per heavy atom. The predicted molar refractivity (Wildman–Crippen MR) is 157 cm³/mol. The zero-order valence-corrected chi connectivity index (χ0v) is 26.5. The number of carbonyl (C=O) groups is 2. The summed E-state index contributed by atoms with van der Waals surface area (Å²) >= 11 is 8.38. The van der Waals surface area contributed by atoms with Crippen LogP contribution in [-0.4, -0.2) is 60.1 Å². The summed E-state index contributed by atoms with van der Waals surface area (Å²) in [4.78, 5) is 31.1. The number of aromatic nitrogens is 6. The number of halogens is 9.